The molecule has 2 saturated heterocycles. The van der Waals surface area contributed by atoms with Gasteiger partial charge in [-0.05, 0) is 25.7 Å². The number of nitrogens with one attached hydrogen (secondary N) is 2. The summed E-state index contributed by atoms with van der Waals surface area (Å²) in [5.74, 6) is 0.250. The van der Waals surface area contributed by atoms with Crippen LogP contribution in [0, 0.1) is 5.92 Å². The van der Waals surface area contributed by atoms with E-state index in [1.165, 1.54) is 6.42 Å². The van der Waals surface area contributed by atoms with Gasteiger partial charge in [0.05, 0.1) is 18.6 Å². The number of hydrogen-bond acceptors (Lipinski definition) is 3. The predicted molar refractivity (Wildman–Crippen MR) is 57.4 cm³/mol. The van der Waals surface area contributed by atoms with Crippen molar-refractivity contribution in [3.63, 3.8) is 0 Å². The molecule has 2 aliphatic rings. The molecule has 86 valence electrons. The number of carbonyl (C=O) groups is 1. The third kappa shape index (κ3) is 2.16. The lowest BCUT2D eigenvalue weighted by molar-refractivity contribution is -0.126. The van der Waals surface area contributed by atoms with Crippen LogP contribution in [0.2, 0.25) is 0 Å². The maximum Gasteiger partial charge on any atom is 0.225 e. The maximum absolute atomic E-state index is 11.9. The summed E-state index contributed by atoms with van der Waals surface area (Å²) in [6.45, 7) is 2.01. The van der Waals surface area contributed by atoms with Gasteiger partial charge in [-0.15, -0.1) is 0 Å². The molecule has 4 nitrogen and oxygen atoms in total. The highest BCUT2D eigenvalue weighted by molar-refractivity contribution is 5.80. The number of amides is 1. The van der Waals surface area contributed by atoms with Gasteiger partial charge in [0.2, 0.25) is 5.91 Å². The number of fused-ring (bicyclic) bond motifs is 2. The molecular formula is C11H20N2O2. The highest BCUT2D eigenvalue weighted by Crippen LogP contribution is 2.33. The van der Waals surface area contributed by atoms with Gasteiger partial charge in [-0.3, -0.25) is 4.79 Å². The third-order valence-electron chi connectivity index (χ3n) is 3.70. The molecule has 2 heterocycles. The molecule has 15 heavy (non-hydrogen) atoms. The minimum Gasteiger partial charge on any atom is -0.394 e. The molecule has 2 rings (SSSR count). The Morgan fingerprint density at radius 2 is 2.40 bits per heavy atom. The first-order valence-electron chi connectivity index (χ1n) is 5.91. The fourth-order valence-corrected chi connectivity index (χ4v) is 2.70. The summed E-state index contributed by atoms with van der Waals surface area (Å²) < 4.78 is 0. The normalized spacial score (nSPS) is 35.5. The largest absolute Gasteiger partial charge is 0.394 e. The zero-order chi connectivity index (χ0) is 10.8. The number of aliphatic hydroxyl groups excluding tert-OH is 1. The second kappa shape index (κ2) is 4.49. The van der Waals surface area contributed by atoms with E-state index in [-0.39, 0.29) is 24.5 Å². The molecule has 4 unspecified atom stereocenters. The Kier molecular flexibility index (Phi) is 3.26. The topological polar surface area (TPSA) is 61.4 Å². The maximum atomic E-state index is 11.9. The lowest BCUT2D eigenvalue weighted by Gasteiger charge is -2.22. The minimum absolute atomic E-state index is 0.0382. The van der Waals surface area contributed by atoms with Crippen molar-refractivity contribution in [2.24, 2.45) is 5.92 Å². The summed E-state index contributed by atoms with van der Waals surface area (Å²) in [5, 5.41) is 15.4. The molecule has 0 aromatic heterocycles. The van der Waals surface area contributed by atoms with E-state index in [1.807, 2.05) is 6.92 Å². The lowest BCUT2D eigenvalue weighted by Crippen LogP contribution is -2.44. The molecule has 0 saturated carbocycles. The van der Waals surface area contributed by atoms with E-state index in [0.29, 0.717) is 12.1 Å². The molecule has 3 N–H and O–H groups in total. The van der Waals surface area contributed by atoms with Gasteiger partial charge >= 0.3 is 0 Å². The highest BCUT2D eigenvalue weighted by atomic mass is 16.3. The molecule has 0 radical (unpaired) electrons. The number of hydrogen-bond donors (Lipinski definition) is 3. The van der Waals surface area contributed by atoms with Crippen LogP contribution in [0.3, 0.4) is 0 Å². The van der Waals surface area contributed by atoms with Crippen LogP contribution in [0.1, 0.15) is 32.6 Å². The van der Waals surface area contributed by atoms with Gasteiger partial charge < -0.3 is 15.7 Å². The van der Waals surface area contributed by atoms with Crippen LogP contribution in [-0.4, -0.2) is 35.7 Å². The zero-order valence-electron chi connectivity index (χ0n) is 9.20. The van der Waals surface area contributed by atoms with Crippen molar-refractivity contribution in [1.29, 1.82) is 0 Å². The van der Waals surface area contributed by atoms with E-state index in [2.05, 4.69) is 10.6 Å². The van der Waals surface area contributed by atoms with Gasteiger partial charge in [-0.2, -0.15) is 0 Å². The van der Waals surface area contributed by atoms with Gasteiger partial charge in [0.1, 0.15) is 0 Å². The lowest BCUT2D eigenvalue weighted by atomic mass is 9.88. The second-order valence-electron chi connectivity index (χ2n) is 4.69. The summed E-state index contributed by atoms with van der Waals surface area (Å²) in [7, 11) is 0. The third-order valence-corrected chi connectivity index (χ3v) is 3.70. The second-order valence-corrected chi connectivity index (χ2v) is 4.69. The Balaban J connectivity index is 1.86. The quantitative estimate of drug-likeness (QED) is 0.615. The van der Waals surface area contributed by atoms with Crippen molar-refractivity contribution in [1.82, 2.24) is 10.6 Å². The number of carbonyl (C=O) groups excluding carboxylic acids is 1. The first kappa shape index (κ1) is 10.9. The van der Waals surface area contributed by atoms with E-state index < -0.39 is 0 Å². The van der Waals surface area contributed by atoms with Crippen LogP contribution in [0.4, 0.5) is 0 Å². The molecule has 2 bridgehead atoms. The molecule has 4 heteroatoms. The summed E-state index contributed by atoms with van der Waals surface area (Å²) in [5.41, 5.74) is 0. The molecule has 2 aliphatic heterocycles. The molecule has 1 amide bonds. The predicted octanol–water partition coefficient (Wildman–Crippen LogP) is 0.0140. The van der Waals surface area contributed by atoms with E-state index >= 15 is 0 Å². The fourth-order valence-electron chi connectivity index (χ4n) is 2.70. The summed E-state index contributed by atoms with van der Waals surface area (Å²) in [4.78, 5) is 11.9. The van der Waals surface area contributed by atoms with Crippen molar-refractivity contribution in [3.8, 4) is 0 Å². The van der Waals surface area contributed by atoms with Crippen LogP contribution < -0.4 is 10.6 Å². The Morgan fingerprint density at radius 3 is 2.87 bits per heavy atom. The standard InChI is InChI=1S/C11H20N2O2/c1-2-7(6-14)13-11(15)9-5-8-3-4-10(9)12-8/h7-10,12,14H,2-6H2,1H3,(H,13,15). The van der Waals surface area contributed by atoms with Crippen LogP contribution in [0.15, 0.2) is 0 Å². The smallest absolute Gasteiger partial charge is 0.225 e. The number of rotatable bonds is 4. The first-order valence-corrected chi connectivity index (χ1v) is 5.91. The Morgan fingerprint density at radius 1 is 1.60 bits per heavy atom. The molecule has 0 aromatic carbocycles. The van der Waals surface area contributed by atoms with Crippen molar-refractivity contribution in [3.05, 3.63) is 0 Å². The van der Waals surface area contributed by atoms with Gasteiger partial charge in [-0.1, -0.05) is 6.92 Å². The van der Waals surface area contributed by atoms with Crippen molar-refractivity contribution < 1.29 is 9.90 Å². The van der Waals surface area contributed by atoms with Crippen molar-refractivity contribution >= 4 is 5.91 Å². The van der Waals surface area contributed by atoms with E-state index in [0.717, 1.165) is 19.3 Å². The Labute approximate surface area is 90.4 Å². The van der Waals surface area contributed by atoms with Gasteiger partial charge in [-0.25, -0.2) is 0 Å². The highest BCUT2D eigenvalue weighted by Gasteiger charge is 2.42. The Hall–Kier alpha value is -0.610. The average molecular weight is 212 g/mol. The fraction of sp³-hybridized carbons (Fsp3) is 0.909. The molecule has 0 aromatic rings. The summed E-state index contributed by atoms with van der Waals surface area (Å²) >= 11 is 0. The molecule has 0 aliphatic carbocycles. The number of aliphatic hydroxyl groups is 1. The van der Waals surface area contributed by atoms with Crippen LogP contribution in [0.5, 0.6) is 0 Å². The average Bonchev–Trinajstić information content (AvgIpc) is 2.87. The molecular weight excluding hydrogens is 192 g/mol. The van der Waals surface area contributed by atoms with Crippen molar-refractivity contribution in [2.45, 2.75) is 50.7 Å². The minimum atomic E-state index is -0.0726. The van der Waals surface area contributed by atoms with E-state index in [9.17, 15) is 4.79 Å². The van der Waals surface area contributed by atoms with Crippen LogP contribution >= 0.6 is 0 Å². The van der Waals surface area contributed by atoms with Crippen molar-refractivity contribution in [2.75, 3.05) is 6.61 Å². The van der Waals surface area contributed by atoms with Gasteiger partial charge in [0, 0.05) is 12.1 Å². The summed E-state index contributed by atoms with van der Waals surface area (Å²) in [6, 6.07) is 0.864. The first-order chi connectivity index (χ1) is 7.24. The van der Waals surface area contributed by atoms with Gasteiger partial charge in [0.15, 0.2) is 0 Å². The monoisotopic (exact) mass is 212 g/mol. The van der Waals surface area contributed by atoms with Crippen LogP contribution in [0.25, 0.3) is 0 Å². The molecule has 2 fully saturated rings. The van der Waals surface area contributed by atoms with Crippen LogP contribution in [-0.2, 0) is 4.79 Å². The van der Waals surface area contributed by atoms with Gasteiger partial charge in [0.25, 0.3) is 0 Å². The zero-order valence-corrected chi connectivity index (χ0v) is 9.20. The van der Waals surface area contributed by atoms with E-state index in [1.54, 1.807) is 0 Å². The SMILES string of the molecule is CCC(CO)NC(=O)C1CC2CCC1N2. The summed E-state index contributed by atoms with van der Waals surface area (Å²) in [6.07, 6.45) is 4.10. The molecule has 0 spiro atoms. The molecule has 4 atom stereocenters. The Bertz CT molecular complexity index is 241. The van der Waals surface area contributed by atoms with E-state index in [4.69, 9.17) is 5.11 Å².